The lowest BCUT2D eigenvalue weighted by Crippen LogP contribution is -2.44. The Labute approximate surface area is 175 Å². The second-order valence-electron chi connectivity index (χ2n) is 6.12. The molecule has 0 aliphatic heterocycles. The van der Waals surface area contributed by atoms with Gasteiger partial charge in [0.2, 0.25) is 11.8 Å². The molecule has 0 saturated heterocycles. The molecule has 0 atom stereocenters. The zero-order valence-electron chi connectivity index (χ0n) is 15.3. The average Bonchev–Trinajstić information content (AvgIpc) is 2.68. The normalized spacial score (nSPS) is 10.6. The summed E-state index contributed by atoms with van der Waals surface area (Å²) in [6, 6.07) is 17.0. The number of carbonyl (C=O) groups excluding carboxylic acids is 2. The fourth-order valence-corrected chi connectivity index (χ4v) is 2.85. The monoisotopic (exact) mass is 415 g/mol. The number of benzene rings is 2. The summed E-state index contributed by atoms with van der Waals surface area (Å²) in [5, 5.41) is 3.57. The number of nitrogens with one attached hydrogen (secondary N) is 1. The predicted octanol–water partition coefficient (Wildman–Crippen LogP) is 3.17. The highest BCUT2D eigenvalue weighted by molar-refractivity contribution is 7.80. The lowest BCUT2D eigenvalue weighted by Gasteiger charge is -2.24. The van der Waals surface area contributed by atoms with Gasteiger partial charge in [0.1, 0.15) is 0 Å². The van der Waals surface area contributed by atoms with Gasteiger partial charge in [-0.1, -0.05) is 54.1 Å². The maximum absolute atomic E-state index is 12.2. The maximum atomic E-state index is 12.2. The first-order valence-electron chi connectivity index (χ1n) is 8.80. The Morgan fingerprint density at radius 3 is 2.39 bits per heavy atom. The summed E-state index contributed by atoms with van der Waals surface area (Å²) < 4.78 is 0. The second kappa shape index (κ2) is 11.2. The molecule has 0 aliphatic carbocycles. The number of halogens is 1. The van der Waals surface area contributed by atoms with Crippen LogP contribution in [0.2, 0.25) is 5.02 Å². The van der Waals surface area contributed by atoms with Crippen molar-refractivity contribution in [1.29, 1.82) is 0 Å². The zero-order chi connectivity index (χ0) is 20.4. The molecule has 0 bridgehead atoms. The highest BCUT2D eigenvalue weighted by Gasteiger charge is 2.12. The molecular formula is C21H22ClN3O2S. The third-order valence-corrected chi connectivity index (χ3v) is 4.57. The van der Waals surface area contributed by atoms with Gasteiger partial charge in [-0.3, -0.25) is 14.9 Å². The van der Waals surface area contributed by atoms with Crippen LogP contribution in [0.5, 0.6) is 0 Å². The number of nitrogens with zero attached hydrogens (tertiary/aromatic N) is 1. The van der Waals surface area contributed by atoms with Gasteiger partial charge in [0.05, 0.1) is 0 Å². The van der Waals surface area contributed by atoms with E-state index < -0.39 is 5.91 Å². The van der Waals surface area contributed by atoms with Crippen LogP contribution in [0.4, 0.5) is 0 Å². The lowest BCUT2D eigenvalue weighted by molar-refractivity contribution is -0.118. The minimum absolute atomic E-state index is 0.158. The third kappa shape index (κ3) is 7.90. The van der Waals surface area contributed by atoms with E-state index in [1.165, 1.54) is 6.08 Å². The van der Waals surface area contributed by atoms with E-state index >= 15 is 0 Å². The van der Waals surface area contributed by atoms with Crippen LogP contribution in [-0.4, -0.2) is 34.9 Å². The predicted molar refractivity (Wildman–Crippen MR) is 117 cm³/mol. The van der Waals surface area contributed by atoms with Crippen LogP contribution >= 0.6 is 23.8 Å². The SMILES string of the molecule is NC(=O)CCN(CCc1ccccc1)C(=S)NC(=O)/C=C/c1ccc(Cl)cc1. The molecule has 0 unspecified atom stereocenters. The third-order valence-electron chi connectivity index (χ3n) is 3.96. The van der Waals surface area contributed by atoms with Crippen LogP contribution in [0.15, 0.2) is 60.7 Å². The van der Waals surface area contributed by atoms with Crippen molar-refractivity contribution in [3.63, 3.8) is 0 Å². The molecule has 7 heteroatoms. The highest BCUT2D eigenvalue weighted by Crippen LogP contribution is 2.10. The minimum Gasteiger partial charge on any atom is -0.370 e. The number of carbonyl (C=O) groups is 2. The summed E-state index contributed by atoms with van der Waals surface area (Å²) in [7, 11) is 0. The lowest BCUT2D eigenvalue weighted by atomic mass is 10.1. The van der Waals surface area contributed by atoms with Crippen LogP contribution in [-0.2, 0) is 16.0 Å². The first kappa shape index (κ1) is 21.6. The van der Waals surface area contributed by atoms with Crippen LogP contribution in [0.25, 0.3) is 6.08 Å². The summed E-state index contributed by atoms with van der Waals surface area (Å²) >= 11 is 11.2. The molecule has 28 heavy (non-hydrogen) atoms. The summed E-state index contributed by atoms with van der Waals surface area (Å²) in [5.41, 5.74) is 7.24. The van der Waals surface area contributed by atoms with E-state index in [0.29, 0.717) is 18.1 Å². The molecule has 0 fully saturated rings. The van der Waals surface area contributed by atoms with E-state index in [1.807, 2.05) is 42.5 Å². The van der Waals surface area contributed by atoms with E-state index in [9.17, 15) is 9.59 Å². The first-order chi connectivity index (χ1) is 13.4. The van der Waals surface area contributed by atoms with Crippen LogP contribution in [0, 0.1) is 0 Å². The molecule has 0 aromatic heterocycles. The van der Waals surface area contributed by atoms with E-state index in [1.54, 1.807) is 23.1 Å². The van der Waals surface area contributed by atoms with Gasteiger partial charge in [-0.2, -0.15) is 0 Å². The number of hydrogen-bond acceptors (Lipinski definition) is 3. The Bertz CT molecular complexity index is 838. The Kier molecular flexibility index (Phi) is 8.65. The molecular weight excluding hydrogens is 394 g/mol. The van der Waals surface area contributed by atoms with Gasteiger partial charge in [-0.15, -0.1) is 0 Å². The first-order valence-corrected chi connectivity index (χ1v) is 9.58. The largest absolute Gasteiger partial charge is 0.370 e. The van der Waals surface area contributed by atoms with Crippen molar-refractivity contribution in [3.8, 4) is 0 Å². The Morgan fingerprint density at radius 2 is 1.75 bits per heavy atom. The van der Waals surface area contributed by atoms with Crippen molar-refractivity contribution in [1.82, 2.24) is 10.2 Å². The molecule has 0 aliphatic rings. The van der Waals surface area contributed by atoms with Gasteiger partial charge < -0.3 is 10.6 Å². The molecule has 0 radical (unpaired) electrons. The Balaban J connectivity index is 1.94. The number of rotatable bonds is 8. The van der Waals surface area contributed by atoms with Crippen molar-refractivity contribution in [3.05, 3.63) is 76.8 Å². The molecule has 0 spiro atoms. The van der Waals surface area contributed by atoms with Gasteiger partial charge in [0, 0.05) is 30.6 Å². The smallest absolute Gasteiger partial charge is 0.250 e. The van der Waals surface area contributed by atoms with Gasteiger partial charge >= 0.3 is 0 Å². The van der Waals surface area contributed by atoms with Crippen molar-refractivity contribution in [2.75, 3.05) is 13.1 Å². The van der Waals surface area contributed by atoms with Crippen molar-refractivity contribution in [2.24, 2.45) is 5.73 Å². The van der Waals surface area contributed by atoms with Crippen molar-refractivity contribution in [2.45, 2.75) is 12.8 Å². The summed E-state index contributed by atoms with van der Waals surface area (Å²) in [4.78, 5) is 25.1. The van der Waals surface area contributed by atoms with Gasteiger partial charge in [-0.05, 0) is 48.0 Å². The van der Waals surface area contributed by atoms with Gasteiger partial charge in [-0.25, -0.2) is 0 Å². The van der Waals surface area contributed by atoms with E-state index in [-0.39, 0.29) is 17.4 Å². The number of nitrogens with two attached hydrogens (primary N) is 1. The molecule has 0 heterocycles. The summed E-state index contributed by atoms with van der Waals surface area (Å²) in [6.07, 6.45) is 3.96. The fraction of sp³-hybridized carbons (Fsp3) is 0.190. The number of thiocarbonyl (C=S) groups is 1. The van der Waals surface area contributed by atoms with E-state index in [0.717, 1.165) is 17.5 Å². The molecule has 2 aromatic rings. The minimum atomic E-state index is -0.415. The average molecular weight is 416 g/mol. The Morgan fingerprint density at radius 1 is 1.07 bits per heavy atom. The second-order valence-corrected chi connectivity index (χ2v) is 6.94. The number of hydrogen-bond donors (Lipinski definition) is 2. The molecule has 146 valence electrons. The van der Waals surface area contributed by atoms with Crippen molar-refractivity contribution < 1.29 is 9.59 Å². The number of primary amides is 1. The van der Waals surface area contributed by atoms with Crippen LogP contribution in [0.1, 0.15) is 17.5 Å². The summed E-state index contributed by atoms with van der Waals surface area (Å²) in [5.74, 6) is -0.759. The molecule has 5 nitrogen and oxygen atoms in total. The van der Waals surface area contributed by atoms with E-state index in [2.05, 4.69) is 5.32 Å². The molecule has 0 saturated carbocycles. The van der Waals surface area contributed by atoms with E-state index in [4.69, 9.17) is 29.6 Å². The highest BCUT2D eigenvalue weighted by atomic mass is 35.5. The molecule has 2 aromatic carbocycles. The topological polar surface area (TPSA) is 75.4 Å². The fourth-order valence-electron chi connectivity index (χ4n) is 2.44. The quantitative estimate of drug-likeness (QED) is 0.513. The number of amides is 2. The molecule has 2 rings (SSSR count). The van der Waals surface area contributed by atoms with Gasteiger partial charge in [0.25, 0.3) is 0 Å². The summed E-state index contributed by atoms with van der Waals surface area (Å²) in [6.45, 7) is 0.916. The van der Waals surface area contributed by atoms with Crippen LogP contribution in [0.3, 0.4) is 0 Å². The van der Waals surface area contributed by atoms with Crippen molar-refractivity contribution >= 4 is 46.8 Å². The van der Waals surface area contributed by atoms with Crippen LogP contribution < -0.4 is 11.1 Å². The molecule has 3 N–H and O–H groups in total. The van der Waals surface area contributed by atoms with Gasteiger partial charge in [0.15, 0.2) is 5.11 Å². The Hall–Kier alpha value is -2.70. The standard InChI is InChI=1S/C21H22ClN3O2S/c22-18-9-6-17(7-10-18)8-11-20(27)24-21(28)25(15-13-19(23)26)14-12-16-4-2-1-3-5-16/h1-11H,12-15H2,(H2,23,26)(H,24,27,28)/b11-8+. The zero-order valence-corrected chi connectivity index (χ0v) is 16.9. The maximum Gasteiger partial charge on any atom is 0.250 e. The molecule has 2 amide bonds.